The molecule has 2 aliphatic carbocycles. The minimum atomic E-state index is -0.722. The average Bonchev–Trinajstić information content (AvgIpc) is 2.29. The van der Waals surface area contributed by atoms with Crippen LogP contribution in [-0.4, -0.2) is 22.3 Å². The fourth-order valence-corrected chi connectivity index (χ4v) is 4.59. The second-order valence-electron chi connectivity index (χ2n) is 7.03. The first-order chi connectivity index (χ1) is 8.72. The normalized spacial score (nSPS) is 46.4. The highest BCUT2D eigenvalue weighted by molar-refractivity contribution is 5.68. The second-order valence-corrected chi connectivity index (χ2v) is 7.03. The maximum atomic E-state index is 11.3. The zero-order valence-corrected chi connectivity index (χ0v) is 12.4. The number of hydrogen-bond acceptors (Lipinski definition) is 2. The maximum absolute atomic E-state index is 11.3. The molecule has 0 radical (unpaired) electrons. The number of aliphatic hydroxyl groups is 1. The molecule has 1 saturated carbocycles. The molecule has 5 atom stereocenters. The smallest absolute Gasteiger partial charge is 0.303 e. The summed E-state index contributed by atoms with van der Waals surface area (Å²) in [4.78, 5) is 11.3. The monoisotopic (exact) mass is 266 g/mol. The van der Waals surface area contributed by atoms with E-state index < -0.39 is 5.97 Å². The SMILES string of the molecule is CC1=CCC[C@@H]2[C@](C)(CC(=O)O)[C@H](C)C[C@H](O)[C@@]12C. The molecule has 1 fully saturated rings. The highest BCUT2D eigenvalue weighted by Gasteiger charge is 2.57. The van der Waals surface area contributed by atoms with Crippen LogP contribution in [-0.2, 0) is 4.79 Å². The Morgan fingerprint density at radius 3 is 2.68 bits per heavy atom. The fourth-order valence-electron chi connectivity index (χ4n) is 4.59. The quantitative estimate of drug-likeness (QED) is 0.754. The molecule has 0 heterocycles. The van der Waals surface area contributed by atoms with Gasteiger partial charge in [0.25, 0.3) is 0 Å². The molecule has 0 saturated heterocycles. The Morgan fingerprint density at radius 2 is 2.11 bits per heavy atom. The van der Waals surface area contributed by atoms with Gasteiger partial charge in [0, 0.05) is 5.41 Å². The van der Waals surface area contributed by atoms with E-state index in [2.05, 4.69) is 33.8 Å². The summed E-state index contributed by atoms with van der Waals surface area (Å²) in [7, 11) is 0. The predicted molar refractivity (Wildman–Crippen MR) is 74.7 cm³/mol. The van der Waals surface area contributed by atoms with Gasteiger partial charge in [-0.1, -0.05) is 32.4 Å². The molecule has 0 aromatic rings. The number of carboxylic acids is 1. The molecule has 2 rings (SSSR count). The zero-order chi connectivity index (χ0) is 14.4. The van der Waals surface area contributed by atoms with Crippen LogP contribution in [0.25, 0.3) is 0 Å². The van der Waals surface area contributed by atoms with Crippen molar-refractivity contribution in [1.82, 2.24) is 0 Å². The van der Waals surface area contributed by atoms with E-state index in [0.29, 0.717) is 6.42 Å². The van der Waals surface area contributed by atoms with E-state index in [1.165, 1.54) is 5.57 Å². The van der Waals surface area contributed by atoms with E-state index in [1.54, 1.807) is 0 Å². The summed E-state index contributed by atoms with van der Waals surface area (Å²) < 4.78 is 0. The molecule has 0 amide bonds. The summed E-state index contributed by atoms with van der Waals surface area (Å²) in [6, 6.07) is 0. The van der Waals surface area contributed by atoms with Crippen LogP contribution in [0.4, 0.5) is 0 Å². The first-order valence-electron chi connectivity index (χ1n) is 7.30. The van der Waals surface area contributed by atoms with Crippen molar-refractivity contribution in [2.75, 3.05) is 0 Å². The molecule has 2 aliphatic rings. The van der Waals surface area contributed by atoms with Crippen molar-refractivity contribution in [3.8, 4) is 0 Å². The van der Waals surface area contributed by atoms with Crippen molar-refractivity contribution in [3.63, 3.8) is 0 Å². The van der Waals surface area contributed by atoms with E-state index in [1.807, 2.05) is 0 Å². The Kier molecular flexibility index (Phi) is 3.54. The number of carbonyl (C=O) groups is 1. The molecule has 19 heavy (non-hydrogen) atoms. The third kappa shape index (κ3) is 2.03. The van der Waals surface area contributed by atoms with E-state index in [0.717, 1.165) is 12.8 Å². The molecule has 108 valence electrons. The minimum Gasteiger partial charge on any atom is -0.481 e. The lowest BCUT2D eigenvalue weighted by Crippen LogP contribution is -2.57. The second kappa shape index (κ2) is 4.62. The van der Waals surface area contributed by atoms with Gasteiger partial charge in [-0.2, -0.15) is 0 Å². The summed E-state index contributed by atoms with van der Waals surface area (Å²) >= 11 is 0. The minimum absolute atomic E-state index is 0.203. The van der Waals surface area contributed by atoms with E-state index in [4.69, 9.17) is 0 Å². The van der Waals surface area contributed by atoms with Crippen molar-refractivity contribution in [3.05, 3.63) is 11.6 Å². The maximum Gasteiger partial charge on any atom is 0.303 e. The average molecular weight is 266 g/mol. The molecule has 3 nitrogen and oxygen atoms in total. The number of aliphatic hydroxyl groups excluding tert-OH is 1. The van der Waals surface area contributed by atoms with Gasteiger partial charge >= 0.3 is 5.97 Å². The van der Waals surface area contributed by atoms with Crippen LogP contribution in [0.15, 0.2) is 11.6 Å². The van der Waals surface area contributed by atoms with Crippen molar-refractivity contribution in [1.29, 1.82) is 0 Å². The van der Waals surface area contributed by atoms with Crippen LogP contribution in [0, 0.1) is 22.7 Å². The van der Waals surface area contributed by atoms with Crippen molar-refractivity contribution >= 4 is 5.97 Å². The summed E-state index contributed by atoms with van der Waals surface area (Å²) in [5.74, 6) is -0.234. The van der Waals surface area contributed by atoms with Crippen LogP contribution < -0.4 is 0 Å². The molecule has 3 heteroatoms. The highest BCUT2D eigenvalue weighted by Crippen LogP contribution is 2.61. The lowest BCUT2D eigenvalue weighted by molar-refractivity contribution is -0.155. The molecule has 0 spiro atoms. The Bertz CT molecular complexity index is 414. The molecule has 0 aromatic heterocycles. The summed E-state index contributed by atoms with van der Waals surface area (Å²) in [5, 5.41) is 19.9. The van der Waals surface area contributed by atoms with Crippen molar-refractivity contribution in [2.45, 2.75) is 59.5 Å². The number of carboxylic acid groups (broad SMARTS) is 1. The Labute approximate surface area is 115 Å². The summed E-state index contributed by atoms with van der Waals surface area (Å²) in [6.07, 6.45) is 4.75. The molecule has 0 aliphatic heterocycles. The first-order valence-corrected chi connectivity index (χ1v) is 7.30. The Morgan fingerprint density at radius 1 is 1.47 bits per heavy atom. The van der Waals surface area contributed by atoms with Crippen LogP contribution in [0.1, 0.15) is 53.4 Å². The topological polar surface area (TPSA) is 57.5 Å². The number of rotatable bonds is 2. The van der Waals surface area contributed by atoms with Crippen LogP contribution >= 0.6 is 0 Å². The Hall–Kier alpha value is -0.830. The molecule has 0 bridgehead atoms. The fraction of sp³-hybridized carbons (Fsp3) is 0.812. The molecule has 0 aromatic carbocycles. The first kappa shape index (κ1) is 14.6. The van der Waals surface area contributed by atoms with Crippen LogP contribution in [0.5, 0.6) is 0 Å². The number of fused-ring (bicyclic) bond motifs is 1. The van der Waals surface area contributed by atoms with Crippen molar-refractivity contribution < 1.29 is 15.0 Å². The highest BCUT2D eigenvalue weighted by atomic mass is 16.4. The molecular formula is C16H26O3. The summed E-state index contributed by atoms with van der Waals surface area (Å²) in [5.41, 5.74) is 0.754. The van der Waals surface area contributed by atoms with Gasteiger partial charge in [0.05, 0.1) is 12.5 Å². The zero-order valence-electron chi connectivity index (χ0n) is 12.4. The standard InChI is InChI=1S/C16H26O3/c1-10-6-5-7-12-15(3,9-14(18)19)11(2)8-13(17)16(10,12)4/h6,11-13,17H,5,7-9H2,1-4H3,(H,18,19)/t11-,12-,13+,15-,16+/m1/s1. The van der Waals surface area contributed by atoms with E-state index >= 15 is 0 Å². The third-order valence-corrected chi connectivity index (χ3v) is 6.20. The van der Waals surface area contributed by atoms with Gasteiger partial charge in [-0.15, -0.1) is 0 Å². The molecule has 0 unspecified atom stereocenters. The number of aliphatic carboxylic acids is 1. The van der Waals surface area contributed by atoms with Crippen LogP contribution in [0.3, 0.4) is 0 Å². The van der Waals surface area contributed by atoms with Gasteiger partial charge in [-0.05, 0) is 43.4 Å². The lowest BCUT2D eigenvalue weighted by atomic mass is 9.46. The van der Waals surface area contributed by atoms with Gasteiger partial charge in [0.1, 0.15) is 0 Å². The lowest BCUT2D eigenvalue weighted by Gasteiger charge is -2.59. The largest absolute Gasteiger partial charge is 0.481 e. The number of hydrogen-bond donors (Lipinski definition) is 2. The van der Waals surface area contributed by atoms with Gasteiger partial charge in [-0.3, -0.25) is 4.79 Å². The Balaban J connectivity index is 2.46. The van der Waals surface area contributed by atoms with Crippen LogP contribution in [0.2, 0.25) is 0 Å². The van der Waals surface area contributed by atoms with E-state index in [-0.39, 0.29) is 35.2 Å². The third-order valence-electron chi connectivity index (χ3n) is 6.20. The molecular weight excluding hydrogens is 240 g/mol. The molecule has 2 N–H and O–H groups in total. The predicted octanol–water partition coefficient (Wildman–Crippen LogP) is 3.23. The van der Waals surface area contributed by atoms with Gasteiger partial charge < -0.3 is 10.2 Å². The van der Waals surface area contributed by atoms with Gasteiger partial charge in [0.2, 0.25) is 0 Å². The van der Waals surface area contributed by atoms with Crippen molar-refractivity contribution in [2.24, 2.45) is 22.7 Å². The van der Waals surface area contributed by atoms with Gasteiger partial charge in [0.15, 0.2) is 0 Å². The summed E-state index contributed by atoms with van der Waals surface area (Å²) in [6.45, 7) is 8.42. The van der Waals surface area contributed by atoms with Gasteiger partial charge in [-0.25, -0.2) is 0 Å². The number of allylic oxidation sites excluding steroid dienone is 1. The van der Waals surface area contributed by atoms with E-state index in [9.17, 15) is 15.0 Å².